The Morgan fingerprint density at radius 2 is 2.19 bits per heavy atom. The van der Waals surface area contributed by atoms with Gasteiger partial charge in [-0.15, -0.1) is 0 Å². The quantitative estimate of drug-likeness (QED) is 0.378. The molecular formula is C14H14N4O3. The van der Waals surface area contributed by atoms with E-state index in [1.54, 1.807) is 24.3 Å². The number of nitro benzene ring substituents is 1. The number of nitrogens with one attached hydrogen (secondary N) is 1. The van der Waals surface area contributed by atoms with Crippen LogP contribution in [0.1, 0.15) is 16.8 Å². The minimum atomic E-state index is -0.484. The molecule has 0 aliphatic carbocycles. The van der Waals surface area contributed by atoms with Crippen molar-refractivity contribution in [3.8, 4) is 5.75 Å². The summed E-state index contributed by atoms with van der Waals surface area (Å²) >= 11 is 0. The van der Waals surface area contributed by atoms with Gasteiger partial charge in [0.25, 0.3) is 0 Å². The lowest BCUT2D eigenvalue weighted by Crippen LogP contribution is -2.13. The van der Waals surface area contributed by atoms with Gasteiger partial charge in [-0.1, -0.05) is 6.07 Å². The Hall–Kier alpha value is -2.96. The summed E-state index contributed by atoms with van der Waals surface area (Å²) in [6.07, 6.45) is 1.51. The number of aryl methyl sites for hydroxylation is 1. The summed E-state index contributed by atoms with van der Waals surface area (Å²) in [7, 11) is 0. The number of hydrogen-bond acceptors (Lipinski definition) is 5. The maximum Gasteiger partial charge on any atom is 0.310 e. The molecule has 0 radical (unpaired) electrons. The maximum absolute atomic E-state index is 11.0. The van der Waals surface area contributed by atoms with E-state index in [0.29, 0.717) is 5.69 Å². The summed E-state index contributed by atoms with van der Waals surface area (Å²) in [5.41, 5.74) is 7.22. The number of nitrogens with two attached hydrogens (primary N) is 1. The first-order valence-corrected chi connectivity index (χ1v) is 6.14. The van der Waals surface area contributed by atoms with Crippen molar-refractivity contribution in [1.82, 2.24) is 4.98 Å². The first-order chi connectivity index (χ1) is 9.97. The number of ether oxygens (including phenoxy) is 1. The van der Waals surface area contributed by atoms with E-state index in [9.17, 15) is 10.1 Å². The van der Waals surface area contributed by atoms with Crippen LogP contribution in [0.4, 0.5) is 5.69 Å². The molecule has 0 bridgehead atoms. The minimum Gasteiger partial charge on any atom is -0.482 e. The van der Waals surface area contributed by atoms with Gasteiger partial charge in [0.15, 0.2) is 5.75 Å². The van der Waals surface area contributed by atoms with Gasteiger partial charge in [-0.05, 0) is 36.2 Å². The third-order valence-corrected chi connectivity index (χ3v) is 2.81. The van der Waals surface area contributed by atoms with E-state index >= 15 is 0 Å². The number of pyridine rings is 1. The van der Waals surface area contributed by atoms with E-state index < -0.39 is 4.92 Å². The van der Waals surface area contributed by atoms with Crippen molar-refractivity contribution in [2.24, 2.45) is 5.73 Å². The average Bonchev–Trinajstić information content (AvgIpc) is 2.45. The van der Waals surface area contributed by atoms with Gasteiger partial charge in [-0.25, -0.2) is 0 Å². The summed E-state index contributed by atoms with van der Waals surface area (Å²) < 4.78 is 5.52. The van der Waals surface area contributed by atoms with E-state index in [1.165, 1.54) is 12.3 Å². The van der Waals surface area contributed by atoms with Crippen molar-refractivity contribution in [1.29, 1.82) is 5.41 Å². The number of hydrogen-bond donors (Lipinski definition) is 2. The van der Waals surface area contributed by atoms with Gasteiger partial charge >= 0.3 is 5.69 Å². The van der Waals surface area contributed by atoms with Gasteiger partial charge in [0, 0.05) is 12.3 Å². The van der Waals surface area contributed by atoms with Crippen LogP contribution in [-0.4, -0.2) is 15.7 Å². The minimum absolute atomic E-state index is 0.0820. The van der Waals surface area contributed by atoms with Crippen LogP contribution < -0.4 is 10.5 Å². The molecule has 0 unspecified atom stereocenters. The second-order valence-corrected chi connectivity index (χ2v) is 4.48. The van der Waals surface area contributed by atoms with Crippen LogP contribution in [0.3, 0.4) is 0 Å². The molecule has 2 rings (SSSR count). The third kappa shape index (κ3) is 3.53. The van der Waals surface area contributed by atoms with Gasteiger partial charge < -0.3 is 10.5 Å². The normalized spacial score (nSPS) is 10.1. The van der Waals surface area contributed by atoms with Crippen molar-refractivity contribution in [2.45, 2.75) is 13.5 Å². The predicted octanol–water partition coefficient (Wildman–Crippen LogP) is 2.16. The molecule has 1 heterocycles. The van der Waals surface area contributed by atoms with Gasteiger partial charge in [-0.2, -0.15) is 0 Å². The highest BCUT2D eigenvalue weighted by molar-refractivity contribution is 5.93. The van der Waals surface area contributed by atoms with E-state index in [-0.39, 0.29) is 23.9 Å². The molecule has 0 spiro atoms. The average molecular weight is 286 g/mol. The van der Waals surface area contributed by atoms with Crippen molar-refractivity contribution < 1.29 is 9.66 Å². The zero-order valence-corrected chi connectivity index (χ0v) is 11.4. The summed E-state index contributed by atoms with van der Waals surface area (Å²) in [4.78, 5) is 14.4. The molecule has 0 aliphatic heterocycles. The second kappa shape index (κ2) is 6.00. The number of rotatable bonds is 5. The van der Waals surface area contributed by atoms with E-state index in [1.807, 2.05) is 6.92 Å². The largest absolute Gasteiger partial charge is 0.482 e. The molecule has 0 atom stereocenters. The summed E-state index contributed by atoms with van der Waals surface area (Å²) in [5, 5.41) is 18.3. The summed E-state index contributed by atoms with van der Waals surface area (Å²) in [5.74, 6) is 0.0690. The Morgan fingerprint density at radius 1 is 1.43 bits per heavy atom. The molecule has 1 aromatic heterocycles. The fourth-order valence-corrected chi connectivity index (χ4v) is 1.76. The van der Waals surface area contributed by atoms with Gasteiger partial charge in [0.2, 0.25) is 0 Å². The van der Waals surface area contributed by atoms with Gasteiger partial charge in [0.1, 0.15) is 18.1 Å². The van der Waals surface area contributed by atoms with Crippen molar-refractivity contribution in [3.63, 3.8) is 0 Å². The highest BCUT2D eigenvalue weighted by Crippen LogP contribution is 2.28. The number of benzene rings is 1. The molecule has 1 aromatic carbocycles. The van der Waals surface area contributed by atoms with Crippen molar-refractivity contribution in [2.75, 3.05) is 0 Å². The van der Waals surface area contributed by atoms with Crippen LogP contribution >= 0.6 is 0 Å². The molecule has 21 heavy (non-hydrogen) atoms. The first kappa shape index (κ1) is 14.4. The van der Waals surface area contributed by atoms with Crippen LogP contribution in [0.25, 0.3) is 0 Å². The van der Waals surface area contributed by atoms with Crippen LogP contribution in [0.15, 0.2) is 36.5 Å². The van der Waals surface area contributed by atoms with Crippen LogP contribution in [0.2, 0.25) is 0 Å². The lowest BCUT2D eigenvalue weighted by Gasteiger charge is -2.08. The Kier molecular flexibility index (Phi) is 4.13. The Labute approximate surface area is 121 Å². The monoisotopic (exact) mass is 286 g/mol. The second-order valence-electron chi connectivity index (χ2n) is 4.48. The molecule has 0 saturated carbocycles. The molecule has 0 amide bonds. The molecule has 108 valence electrons. The molecule has 0 saturated heterocycles. The third-order valence-electron chi connectivity index (χ3n) is 2.81. The Bertz CT molecular complexity index is 700. The lowest BCUT2D eigenvalue weighted by molar-refractivity contribution is -0.386. The fourth-order valence-electron chi connectivity index (χ4n) is 1.76. The summed E-state index contributed by atoms with van der Waals surface area (Å²) in [6.45, 7) is 1.96. The van der Waals surface area contributed by atoms with E-state index in [0.717, 1.165) is 11.1 Å². The molecule has 2 aromatic rings. The number of nitrogen functional groups attached to an aromatic ring is 1. The number of nitro groups is 1. The van der Waals surface area contributed by atoms with Gasteiger partial charge in [-0.3, -0.25) is 20.5 Å². The standard InChI is InChI=1S/C14H14N4O3/c1-9-2-3-12(18(19)20)13(6-9)21-8-10-4-5-17-11(7-10)14(15)16/h2-7H,8H2,1H3,(H3,15,16). The van der Waals surface area contributed by atoms with Crippen molar-refractivity contribution >= 4 is 11.5 Å². The summed E-state index contributed by atoms with van der Waals surface area (Å²) in [6, 6.07) is 8.01. The van der Waals surface area contributed by atoms with Crippen LogP contribution in [0, 0.1) is 22.4 Å². The highest BCUT2D eigenvalue weighted by Gasteiger charge is 2.15. The highest BCUT2D eigenvalue weighted by atomic mass is 16.6. The zero-order valence-electron chi connectivity index (χ0n) is 11.4. The Balaban J connectivity index is 2.20. The number of amidine groups is 1. The first-order valence-electron chi connectivity index (χ1n) is 6.14. The number of aromatic nitrogens is 1. The smallest absolute Gasteiger partial charge is 0.310 e. The van der Waals surface area contributed by atoms with Crippen LogP contribution in [0.5, 0.6) is 5.75 Å². The van der Waals surface area contributed by atoms with Crippen molar-refractivity contribution in [3.05, 3.63) is 63.5 Å². The SMILES string of the molecule is Cc1ccc([N+](=O)[O-])c(OCc2ccnc(C(=N)N)c2)c1. The zero-order chi connectivity index (χ0) is 15.4. The van der Waals surface area contributed by atoms with Gasteiger partial charge in [0.05, 0.1) is 4.92 Å². The molecule has 7 nitrogen and oxygen atoms in total. The molecule has 0 fully saturated rings. The number of nitrogens with zero attached hydrogens (tertiary/aromatic N) is 2. The predicted molar refractivity (Wildman–Crippen MR) is 77.4 cm³/mol. The fraction of sp³-hybridized carbons (Fsp3) is 0.143. The van der Waals surface area contributed by atoms with E-state index in [2.05, 4.69) is 4.98 Å². The molecular weight excluding hydrogens is 272 g/mol. The molecule has 0 aliphatic rings. The maximum atomic E-state index is 11.0. The van der Waals surface area contributed by atoms with E-state index in [4.69, 9.17) is 15.9 Å². The molecule has 7 heteroatoms. The lowest BCUT2D eigenvalue weighted by atomic mass is 10.2. The topological polar surface area (TPSA) is 115 Å². The van der Waals surface area contributed by atoms with Crippen LogP contribution in [-0.2, 0) is 6.61 Å². The Morgan fingerprint density at radius 3 is 2.86 bits per heavy atom. The molecule has 3 N–H and O–H groups in total.